The van der Waals surface area contributed by atoms with Crippen molar-refractivity contribution in [2.45, 2.75) is 30.4 Å². The maximum absolute atomic E-state index is 13.5. The quantitative estimate of drug-likeness (QED) is 0.516. The van der Waals surface area contributed by atoms with Crippen LogP contribution < -0.4 is 15.0 Å². The van der Waals surface area contributed by atoms with E-state index in [9.17, 15) is 13.2 Å². The highest BCUT2D eigenvalue weighted by Crippen LogP contribution is 2.31. The summed E-state index contributed by atoms with van der Waals surface area (Å²) in [7, 11) is -0.859. The highest BCUT2D eigenvalue weighted by Gasteiger charge is 2.30. The molecule has 1 saturated heterocycles. The van der Waals surface area contributed by atoms with Gasteiger partial charge in [-0.3, -0.25) is 4.79 Å². The molecule has 1 atom stereocenters. The van der Waals surface area contributed by atoms with Gasteiger partial charge in [0.2, 0.25) is 10.0 Å². The summed E-state index contributed by atoms with van der Waals surface area (Å²) in [6.07, 6.45) is 1.41. The van der Waals surface area contributed by atoms with Crippen molar-refractivity contribution in [2.75, 3.05) is 27.4 Å². The Balaban J connectivity index is 1.74. The van der Waals surface area contributed by atoms with Gasteiger partial charge in [0.15, 0.2) is 11.5 Å². The molecule has 0 radical (unpaired) electrons. The van der Waals surface area contributed by atoms with Crippen LogP contribution in [0, 0.1) is 0 Å². The fourth-order valence-electron chi connectivity index (χ4n) is 3.90. The molecule has 2 heterocycles. The number of aromatic amines is 1. The normalized spacial score (nSPS) is 16.4. The van der Waals surface area contributed by atoms with Crippen LogP contribution in [-0.2, 0) is 21.3 Å². The second-order valence-electron chi connectivity index (χ2n) is 7.80. The van der Waals surface area contributed by atoms with E-state index in [-0.39, 0.29) is 29.6 Å². The van der Waals surface area contributed by atoms with Gasteiger partial charge < -0.3 is 19.2 Å². The molecule has 10 heteroatoms. The summed E-state index contributed by atoms with van der Waals surface area (Å²) in [6.45, 7) is 0.635. The maximum Gasteiger partial charge on any atom is 0.252 e. The van der Waals surface area contributed by atoms with Crippen LogP contribution in [0.25, 0.3) is 10.9 Å². The number of nitrogens with one attached hydrogen (secondary N) is 1. The number of pyridine rings is 1. The van der Waals surface area contributed by atoms with Crippen molar-refractivity contribution in [1.82, 2.24) is 9.29 Å². The van der Waals surface area contributed by atoms with Crippen molar-refractivity contribution in [3.05, 3.63) is 63.4 Å². The van der Waals surface area contributed by atoms with E-state index in [1.54, 1.807) is 18.2 Å². The minimum absolute atomic E-state index is 0.105. The van der Waals surface area contributed by atoms with Crippen LogP contribution in [0.2, 0.25) is 5.02 Å². The van der Waals surface area contributed by atoms with Gasteiger partial charge in [-0.2, -0.15) is 4.31 Å². The molecule has 0 spiro atoms. The molecular weight excluding hydrogens is 468 g/mol. The van der Waals surface area contributed by atoms with E-state index in [0.29, 0.717) is 39.6 Å². The molecule has 8 nitrogen and oxygen atoms in total. The number of hydrogen-bond acceptors (Lipinski definition) is 6. The molecule has 0 unspecified atom stereocenters. The lowest BCUT2D eigenvalue weighted by molar-refractivity contribution is 0.0925. The topological polar surface area (TPSA) is 97.9 Å². The Morgan fingerprint density at radius 2 is 1.82 bits per heavy atom. The summed E-state index contributed by atoms with van der Waals surface area (Å²) in [4.78, 5) is 15.8. The van der Waals surface area contributed by atoms with E-state index in [0.717, 1.165) is 12.8 Å². The van der Waals surface area contributed by atoms with Gasteiger partial charge >= 0.3 is 0 Å². The zero-order chi connectivity index (χ0) is 23.6. The molecule has 1 aliphatic rings. The second kappa shape index (κ2) is 9.72. The van der Waals surface area contributed by atoms with E-state index >= 15 is 0 Å². The Kier molecular flexibility index (Phi) is 6.94. The molecule has 0 aliphatic carbocycles. The molecule has 1 fully saturated rings. The first-order valence-electron chi connectivity index (χ1n) is 10.5. The molecule has 33 heavy (non-hydrogen) atoms. The highest BCUT2D eigenvalue weighted by atomic mass is 35.5. The van der Waals surface area contributed by atoms with E-state index in [4.69, 9.17) is 25.8 Å². The van der Waals surface area contributed by atoms with Crippen molar-refractivity contribution in [3.63, 3.8) is 0 Å². The molecule has 4 rings (SSSR count). The monoisotopic (exact) mass is 492 g/mol. The Bertz CT molecular complexity index is 1300. The molecule has 0 amide bonds. The molecule has 1 aliphatic heterocycles. The molecule has 3 aromatic rings. The summed E-state index contributed by atoms with van der Waals surface area (Å²) in [5, 5.41) is 1.14. The number of ether oxygens (including phenoxy) is 3. The summed E-state index contributed by atoms with van der Waals surface area (Å²) < 4.78 is 44.6. The number of fused-ring (bicyclic) bond motifs is 1. The summed E-state index contributed by atoms with van der Waals surface area (Å²) in [5.41, 5.74) is 0.497. The summed E-state index contributed by atoms with van der Waals surface area (Å²) in [5.74, 6) is 0.992. The third-order valence-corrected chi connectivity index (χ3v) is 7.73. The number of halogens is 1. The Morgan fingerprint density at radius 3 is 2.45 bits per heavy atom. The van der Waals surface area contributed by atoms with Crippen LogP contribution in [0.15, 0.2) is 52.2 Å². The fourth-order valence-corrected chi connectivity index (χ4v) is 5.48. The van der Waals surface area contributed by atoms with Crippen molar-refractivity contribution < 1.29 is 22.6 Å². The van der Waals surface area contributed by atoms with Crippen LogP contribution in [0.3, 0.4) is 0 Å². The number of sulfonamides is 1. The molecule has 1 N–H and O–H groups in total. The predicted molar refractivity (Wildman–Crippen MR) is 126 cm³/mol. The highest BCUT2D eigenvalue weighted by molar-refractivity contribution is 7.89. The number of hydrogen-bond donors (Lipinski definition) is 1. The van der Waals surface area contributed by atoms with E-state index in [2.05, 4.69) is 4.98 Å². The molecular formula is C23H25ClN2O6S. The first-order valence-corrected chi connectivity index (χ1v) is 12.3. The van der Waals surface area contributed by atoms with E-state index in [1.807, 2.05) is 0 Å². The smallest absolute Gasteiger partial charge is 0.252 e. The Morgan fingerprint density at radius 1 is 1.12 bits per heavy atom. The van der Waals surface area contributed by atoms with Gasteiger partial charge in [-0.15, -0.1) is 0 Å². The molecule has 1 aromatic heterocycles. The third-order valence-electron chi connectivity index (χ3n) is 5.65. The van der Waals surface area contributed by atoms with Crippen LogP contribution >= 0.6 is 11.6 Å². The SMILES string of the molecule is COc1cc2cc(CN(C[C@@H]3CCCO3)S(=O)(=O)c3ccc(Cl)cc3)c(=O)[nH]c2cc1OC. The molecule has 0 saturated carbocycles. The van der Waals surface area contributed by atoms with Gasteiger partial charge in [-0.1, -0.05) is 11.6 Å². The minimum Gasteiger partial charge on any atom is -0.493 e. The van der Waals surface area contributed by atoms with E-state index < -0.39 is 10.0 Å². The zero-order valence-corrected chi connectivity index (χ0v) is 19.9. The molecule has 0 bridgehead atoms. The number of rotatable bonds is 8. The van der Waals surface area contributed by atoms with Crippen molar-refractivity contribution in [2.24, 2.45) is 0 Å². The first kappa shape index (κ1) is 23.6. The van der Waals surface area contributed by atoms with Gasteiger partial charge in [0.25, 0.3) is 5.56 Å². The predicted octanol–water partition coefficient (Wildman–Crippen LogP) is 3.57. The van der Waals surface area contributed by atoms with Gasteiger partial charge in [0.1, 0.15) is 0 Å². The number of methoxy groups -OCH3 is 2. The van der Waals surface area contributed by atoms with Crippen molar-refractivity contribution >= 4 is 32.5 Å². The van der Waals surface area contributed by atoms with Crippen molar-refractivity contribution in [3.8, 4) is 11.5 Å². The Hall–Kier alpha value is -2.59. The molecule has 2 aromatic carbocycles. The van der Waals surface area contributed by atoms with Gasteiger partial charge in [-0.05, 0) is 49.2 Å². The number of aromatic nitrogens is 1. The van der Waals surface area contributed by atoms with Crippen LogP contribution in [0.1, 0.15) is 18.4 Å². The second-order valence-corrected chi connectivity index (χ2v) is 10.2. The number of nitrogens with zero attached hydrogens (tertiary/aromatic N) is 1. The Labute approximate surface area is 197 Å². The van der Waals surface area contributed by atoms with Gasteiger partial charge in [-0.25, -0.2) is 8.42 Å². The number of H-pyrrole nitrogens is 1. The summed E-state index contributed by atoms with van der Waals surface area (Å²) >= 11 is 5.94. The minimum atomic E-state index is -3.90. The zero-order valence-electron chi connectivity index (χ0n) is 18.3. The van der Waals surface area contributed by atoms with Crippen LogP contribution in [0.4, 0.5) is 0 Å². The lowest BCUT2D eigenvalue weighted by Gasteiger charge is -2.25. The first-order chi connectivity index (χ1) is 15.8. The van der Waals surface area contributed by atoms with Crippen molar-refractivity contribution in [1.29, 1.82) is 0 Å². The van der Waals surface area contributed by atoms with Gasteiger partial charge in [0, 0.05) is 41.7 Å². The van der Waals surface area contributed by atoms with Crippen LogP contribution in [-0.4, -0.2) is 51.2 Å². The average Bonchev–Trinajstić information content (AvgIpc) is 3.31. The largest absolute Gasteiger partial charge is 0.493 e. The lowest BCUT2D eigenvalue weighted by Crippen LogP contribution is -2.38. The average molecular weight is 493 g/mol. The lowest BCUT2D eigenvalue weighted by atomic mass is 10.1. The van der Waals surface area contributed by atoms with Gasteiger partial charge in [0.05, 0.1) is 30.7 Å². The summed E-state index contributed by atoms with van der Waals surface area (Å²) in [6, 6.07) is 11.1. The maximum atomic E-state index is 13.5. The standard InChI is InChI=1S/C23H25ClN2O6S/c1-30-21-11-15-10-16(23(27)25-20(15)12-22(21)31-2)13-26(14-18-4-3-9-32-18)33(28,29)19-7-5-17(24)6-8-19/h5-8,10-12,18H,3-4,9,13-14H2,1-2H3,(H,25,27)/t18-/m0/s1. The number of benzene rings is 2. The third kappa shape index (κ3) is 5.01. The fraction of sp³-hybridized carbons (Fsp3) is 0.348. The molecule has 176 valence electrons. The van der Waals surface area contributed by atoms with Crippen LogP contribution in [0.5, 0.6) is 11.5 Å². The van der Waals surface area contributed by atoms with E-state index in [1.165, 1.54) is 42.8 Å².